The highest BCUT2D eigenvalue weighted by Gasteiger charge is 2.38. The van der Waals surface area contributed by atoms with Crippen molar-refractivity contribution in [3.05, 3.63) is 24.8 Å². The third-order valence-corrected chi connectivity index (χ3v) is 7.76. The van der Waals surface area contributed by atoms with Crippen LogP contribution in [0.5, 0.6) is 0 Å². The Morgan fingerprint density at radius 1 is 0.872 bits per heavy atom. The van der Waals surface area contributed by atoms with Crippen molar-refractivity contribution in [2.45, 2.75) is 109 Å². The van der Waals surface area contributed by atoms with Crippen LogP contribution in [0, 0.1) is 5.92 Å². The number of hydrogen-bond acceptors (Lipinski definition) is 6. The highest BCUT2D eigenvalue weighted by molar-refractivity contribution is 5.86. The molecule has 8 nitrogen and oxygen atoms in total. The van der Waals surface area contributed by atoms with Crippen LogP contribution in [0.1, 0.15) is 103 Å². The first-order valence-electron chi connectivity index (χ1n) is 15.0. The molecule has 0 spiro atoms. The minimum atomic E-state index is -0.392. The van der Waals surface area contributed by atoms with Crippen LogP contribution >= 0.6 is 0 Å². The molecule has 2 unspecified atom stereocenters. The first kappa shape index (κ1) is 32.6. The van der Waals surface area contributed by atoms with Gasteiger partial charge in [-0.15, -0.1) is 0 Å². The molecule has 2 fully saturated rings. The summed E-state index contributed by atoms with van der Waals surface area (Å²) in [4.78, 5) is 53.5. The summed E-state index contributed by atoms with van der Waals surface area (Å²) in [7, 11) is 0. The smallest absolute Gasteiger partial charge is 0.333 e. The van der Waals surface area contributed by atoms with Gasteiger partial charge in [0, 0.05) is 43.7 Å². The Bertz CT molecular complexity index is 826. The van der Waals surface area contributed by atoms with Crippen molar-refractivity contribution in [3.8, 4) is 0 Å². The number of esters is 2. The van der Waals surface area contributed by atoms with Gasteiger partial charge in [0.15, 0.2) is 0 Å². The van der Waals surface area contributed by atoms with Crippen molar-refractivity contribution in [1.29, 1.82) is 0 Å². The fourth-order valence-corrected chi connectivity index (χ4v) is 5.55. The van der Waals surface area contributed by atoms with Crippen LogP contribution in [0.4, 0.5) is 0 Å². The van der Waals surface area contributed by atoms with Crippen molar-refractivity contribution >= 4 is 23.8 Å². The molecule has 0 aromatic carbocycles. The Hall–Kier alpha value is -2.64. The normalized spacial score (nSPS) is 20.2. The van der Waals surface area contributed by atoms with E-state index in [0.29, 0.717) is 31.8 Å². The first-order valence-corrected chi connectivity index (χ1v) is 15.0. The topological polar surface area (TPSA) is 93.2 Å². The molecule has 2 aliphatic heterocycles. The van der Waals surface area contributed by atoms with Gasteiger partial charge >= 0.3 is 11.9 Å². The lowest BCUT2D eigenvalue weighted by Gasteiger charge is -2.37. The number of ether oxygens (including phenoxy) is 2. The number of hydrogen-bond donors (Lipinski definition) is 0. The van der Waals surface area contributed by atoms with Crippen LogP contribution < -0.4 is 0 Å². The van der Waals surface area contributed by atoms with Gasteiger partial charge in [0.25, 0.3) is 0 Å². The lowest BCUT2D eigenvalue weighted by Crippen LogP contribution is -2.49. The van der Waals surface area contributed by atoms with E-state index >= 15 is 0 Å². The zero-order chi connectivity index (χ0) is 28.5. The highest BCUT2D eigenvalue weighted by atomic mass is 16.5. The molecule has 2 saturated heterocycles. The number of nitrogens with zero attached hydrogens (tertiary/aromatic N) is 2. The van der Waals surface area contributed by atoms with Crippen molar-refractivity contribution in [2.24, 2.45) is 5.92 Å². The number of rotatable bonds is 17. The summed E-state index contributed by atoms with van der Waals surface area (Å²) in [6.07, 6.45) is 14.7. The van der Waals surface area contributed by atoms with E-state index in [0.717, 1.165) is 103 Å². The summed E-state index contributed by atoms with van der Waals surface area (Å²) in [5.74, 6) is -0.440. The lowest BCUT2D eigenvalue weighted by molar-refractivity contribution is -0.142. The minimum absolute atomic E-state index is 0.00958. The van der Waals surface area contributed by atoms with Gasteiger partial charge in [0.2, 0.25) is 11.8 Å². The maximum absolute atomic E-state index is 13.7. The van der Waals surface area contributed by atoms with E-state index in [9.17, 15) is 19.2 Å². The first-order chi connectivity index (χ1) is 18.8. The SMILES string of the molecule is C=CC(=O)OCCCCCCN1C(=O)CCCCC1C1CCCCN(CCCCCCOC(=O)C(=C)C)C1=O. The number of amides is 2. The summed E-state index contributed by atoms with van der Waals surface area (Å²) in [6, 6.07) is -0.00958. The van der Waals surface area contributed by atoms with Gasteiger partial charge in [0.05, 0.1) is 19.1 Å². The molecule has 0 N–H and O–H groups in total. The van der Waals surface area contributed by atoms with Crippen molar-refractivity contribution < 1.29 is 28.7 Å². The Morgan fingerprint density at radius 2 is 1.51 bits per heavy atom. The summed E-state index contributed by atoms with van der Waals surface area (Å²) < 4.78 is 10.2. The minimum Gasteiger partial charge on any atom is -0.463 e. The van der Waals surface area contributed by atoms with Gasteiger partial charge in [-0.3, -0.25) is 9.59 Å². The summed E-state index contributed by atoms with van der Waals surface area (Å²) in [5, 5.41) is 0. The predicted octanol–water partition coefficient (Wildman–Crippen LogP) is 5.36. The summed E-state index contributed by atoms with van der Waals surface area (Å²) in [6.45, 7) is 11.7. The monoisotopic (exact) mass is 546 g/mol. The predicted molar refractivity (Wildman–Crippen MR) is 152 cm³/mol. The van der Waals surface area contributed by atoms with Gasteiger partial charge in [0.1, 0.15) is 0 Å². The van der Waals surface area contributed by atoms with E-state index in [1.807, 2.05) is 9.80 Å². The zero-order valence-electron chi connectivity index (χ0n) is 24.1. The maximum Gasteiger partial charge on any atom is 0.333 e. The van der Waals surface area contributed by atoms with E-state index < -0.39 is 5.97 Å². The molecule has 220 valence electrons. The van der Waals surface area contributed by atoms with Crippen LogP contribution in [0.2, 0.25) is 0 Å². The maximum atomic E-state index is 13.7. The molecule has 8 heteroatoms. The van der Waals surface area contributed by atoms with Crippen molar-refractivity contribution in [2.75, 3.05) is 32.8 Å². The molecule has 0 aromatic rings. The molecule has 0 bridgehead atoms. The van der Waals surface area contributed by atoms with E-state index in [1.54, 1.807) is 6.92 Å². The quantitative estimate of drug-likeness (QED) is 0.139. The Morgan fingerprint density at radius 3 is 2.21 bits per heavy atom. The van der Waals surface area contributed by atoms with E-state index in [2.05, 4.69) is 13.2 Å². The van der Waals surface area contributed by atoms with Gasteiger partial charge < -0.3 is 19.3 Å². The standard InChI is InChI=1S/C31H50N2O6/c1-4-29(35)38-23-15-8-6-13-22-33-27(18-9-10-19-28(33)34)26-17-11-14-21-32(30(26)36)20-12-5-7-16-24-39-31(37)25(2)3/h4,26-27H,1-2,5-24H2,3H3. The zero-order valence-corrected chi connectivity index (χ0v) is 24.1. The molecule has 2 aliphatic rings. The molecule has 2 heterocycles. The summed E-state index contributed by atoms with van der Waals surface area (Å²) in [5.41, 5.74) is 0.418. The van der Waals surface area contributed by atoms with Gasteiger partial charge in [-0.05, 0) is 71.1 Å². The number of carbonyl (C=O) groups excluding carboxylic acids is 4. The fourth-order valence-electron chi connectivity index (χ4n) is 5.55. The second-order valence-electron chi connectivity index (χ2n) is 10.9. The van der Waals surface area contributed by atoms with Crippen molar-refractivity contribution in [3.63, 3.8) is 0 Å². The molecule has 0 aromatic heterocycles. The molecule has 2 rings (SSSR count). The van der Waals surface area contributed by atoms with E-state index in [4.69, 9.17) is 9.47 Å². The molecule has 0 aliphatic carbocycles. The molecule has 0 radical (unpaired) electrons. The third-order valence-electron chi connectivity index (χ3n) is 7.76. The number of carbonyl (C=O) groups is 4. The summed E-state index contributed by atoms with van der Waals surface area (Å²) >= 11 is 0. The Balaban J connectivity index is 1.83. The second kappa shape index (κ2) is 18.6. The fraction of sp³-hybridized carbons (Fsp3) is 0.742. The third kappa shape index (κ3) is 12.0. The Kier molecular flexibility index (Phi) is 15.5. The second-order valence-corrected chi connectivity index (χ2v) is 10.9. The number of likely N-dealkylation sites (tertiary alicyclic amines) is 2. The largest absolute Gasteiger partial charge is 0.463 e. The molecule has 0 saturated carbocycles. The average Bonchev–Trinajstić information content (AvgIpc) is 3.22. The highest BCUT2D eigenvalue weighted by Crippen LogP contribution is 2.31. The van der Waals surface area contributed by atoms with Crippen LogP contribution in [0.25, 0.3) is 0 Å². The lowest BCUT2D eigenvalue weighted by atomic mass is 9.89. The van der Waals surface area contributed by atoms with E-state index in [-0.39, 0.29) is 29.7 Å². The van der Waals surface area contributed by atoms with Gasteiger partial charge in [-0.25, -0.2) is 9.59 Å². The molecular weight excluding hydrogens is 496 g/mol. The number of unbranched alkanes of at least 4 members (excludes halogenated alkanes) is 6. The van der Waals surface area contributed by atoms with Crippen LogP contribution in [-0.4, -0.2) is 72.4 Å². The molecule has 2 atom stereocenters. The molecule has 2 amide bonds. The average molecular weight is 547 g/mol. The van der Waals surface area contributed by atoms with Gasteiger partial charge in [-0.1, -0.05) is 38.8 Å². The molecule has 39 heavy (non-hydrogen) atoms. The van der Waals surface area contributed by atoms with Crippen LogP contribution in [0.3, 0.4) is 0 Å². The Labute approximate surface area is 235 Å². The molecular formula is C31H50N2O6. The van der Waals surface area contributed by atoms with Gasteiger partial charge in [-0.2, -0.15) is 0 Å². The van der Waals surface area contributed by atoms with E-state index in [1.165, 1.54) is 6.08 Å². The van der Waals surface area contributed by atoms with Crippen molar-refractivity contribution in [1.82, 2.24) is 9.80 Å². The van der Waals surface area contributed by atoms with Crippen LogP contribution in [0.15, 0.2) is 24.8 Å². The van der Waals surface area contributed by atoms with Crippen LogP contribution in [-0.2, 0) is 28.7 Å².